The summed E-state index contributed by atoms with van der Waals surface area (Å²) in [4.78, 5) is 24.7. The molecule has 2 fully saturated rings. The number of aromatic amines is 1. The Bertz CT molecular complexity index is 645. The van der Waals surface area contributed by atoms with E-state index in [4.69, 9.17) is 0 Å². The standard InChI is InChI=1S/C12H15FN2O4S/c13-6-5-15(11(19)14-10(6)18)9-4-8(17)12(20-9)3-1-2-7(12)16/h5,7-9,16-17H,1-4H2,(H,14,18,19)/t7-,8+,9-,12+/m1/s1. The van der Waals surface area contributed by atoms with E-state index in [1.54, 1.807) is 0 Å². The van der Waals surface area contributed by atoms with E-state index in [9.17, 15) is 24.2 Å². The van der Waals surface area contributed by atoms with Crippen LogP contribution in [0.2, 0.25) is 0 Å². The second-order valence-corrected chi connectivity index (χ2v) is 6.87. The molecule has 110 valence electrons. The van der Waals surface area contributed by atoms with Gasteiger partial charge in [0.2, 0.25) is 5.82 Å². The fourth-order valence-corrected chi connectivity index (χ4v) is 4.97. The SMILES string of the molecule is O=c1[nH]c(=O)n([C@H]2C[C@H](O)[C@@]3(CCC[C@H]3O)S2)cc1F. The first-order valence-corrected chi connectivity index (χ1v) is 7.37. The summed E-state index contributed by atoms with van der Waals surface area (Å²) < 4.78 is 13.7. The van der Waals surface area contributed by atoms with Gasteiger partial charge in [-0.05, 0) is 19.3 Å². The summed E-state index contributed by atoms with van der Waals surface area (Å²) in [6.07, 6.45) is 1.82. The van der Waals surface area contributed by atoms with Crippen molar-refractivity contribution < 1.29 is 14.6 Å². The molecule has 0 bridgehead atoms. The molecule has 6 nitrogen and oxygen atoms in total. The van der Waals surface area contributed by atoms with Crippen molar-refractivity contribution in [3.05, 3.63) is 32.9 Å². The van der Waals surface area contributed by atoms with Gasteiger partial charge in [-0.3, -0.25) is 14.3 Å². The van der Waals surface area contributed by atoms with Crippen molar-refractivity contribution in [3.8, 4) is 0 Å². The lowest BCUT2D eigenvalue weighted by molar-refractivity contribution is 0.0558. The summed E-state index contributed by atoms with van der Waals surface area (Å²) >= 11 is 1.29. The van der Waals surface area contributed by atoms with E-state index in [-0.39, 0.29) is 6.42 Å². The van der Waals surface area contributed by atoms with Gasteiger partial charge in [0, 0.05) is 6.42 Å². The van der Waals surface area contributed by atoms with E-state index in [0.717, 1.165) is 17.2 Å². The number of thioether (sulfide) groups is 1. The molecule has 0 aromatic carbocycles. The Morgan fingerprint density at radius 2 is 2.15 bits per heavy atom. The Morgan fingerprint density at radius 3 is 2.80 bits per heavy atom. The maximum absolute atomic E-state index is 13.3. The van der Waals surface area contributed by atoms with Crippen LogP contribution < -0.4 is 11.2 Å². The Morgan fingerprint density at radius 1 is 1.40 bits per heavy atom. The second-order valence-electron chi connectivity index (χ2n) is 5.33. The third-order valence-electron chi connectivity index (χ3n) is 4.19. The van der Waals surface area contributed by atoms with Crippen molar-refractivity contribution in [3.63, 3.8) is 0 Å². The fraction of sp³-hybridized carbons (Fsp3) is 0.667. The van der Waals surface area contributed by atoms with E-state index in [1.807, 2.05) is 4.98 Å². The molecular formula is C12H15FN2O4S. The summed E-state index contributed by atoms with van der Waals surface area (Å²) in [5, 5.41) is 19.8. The van der Waals surface area contributed by atoms with Crippen LogP contribution in [0.3, 0.4) is 0 Å². The monoisotopic (exact) mass is 302 g/mol. The summed E-state index contributed by atoms with van der Waals surface area (Å²) in [6.45, 7) is 0. The summed E-state index contributed by atoms with van der Waals surface area (Å²) in [5.74, 6) is -1.03. The van der Waals surface area contributed by atoms with Crippen molar-refractivity contribution in [1.82, 2.24) is 9.55 Å². The first kappa shape index (κ1) is 13.8. The Hall–Kier alpha value is -1.12. The predicted molar refractivity (Wildman–Crippen MR) is 71.1 cm³/mol. The Kier molecular flexibility index (Phi) is 3.26. The van der Waals surface area contributed by atoms with Crippen molar-refractivity contribution in [2.45, 2.75) is 48.0 Å². The van der Waals surface area contributed by atoms with E-state index in [2.05, 4.69) is 0 Å². The molecule has 0 amide bonds. The van der Waals surface area contributed by atoms with Crippen LogP contribution in [-0.4, -0.2) is 36.7 Å². The van der Waals surface area contributed by atoms with Gasteiger partial charge in [-0.1, -0.05) is 0 Å². The minimum Gasteiger partial charge on any atom is -0.392 e. The lowest BCUT2D eigenvalue weighted by atomic mass is 9.95. The van der Waals surface area contributed by atoms with Gasteiger partial charge < -0.3 is 10.2 Å². The first-order chi connectivity index (χ1) is 9.44. The lowest BCUT2D eigenvalue weighted by Gasteiger charge is -2.30. The largest absolute Gasteiger partial charge is 0.392 e. The van der Waals surface area contributed by atoms with E-state index >= 15 is 0 Å². The molecular weight excluding hydrogens is 287 g/mol. The average Bonchev–Trinajstić information content (AvgIpc) is 2.91. The minimum atomic E-state index is -1.05. The highest BCUT2D eigenvalue weighted by Gasteiger charge is 2.55. The van der Waals surface area contributed by atoms with Crippen molar-refractivity contribution in [1.29, 1.82) is 0 Å². The molecule has 4 atom stereocenters. The van der Waals surface area contributed by atoms with Crippen molar-refractivity contribution in [2.75, 3.05) is 0 Å². The molecule has 3 rings (SSSR count). The predicted octanol–water partition coefficient (Wildman–Crippen LogP) is -0.0443. The smallest absolute Gasteiger partial charge is 0.329 e. The van der Waals surface area contributed by atoms with Gasteiger partial charge in [0.05, 0.1) is 28.5 Å². The number of H-pyrrole nitrogens is 1. The highest BCUT2D eigenvalue weighted by Crippen LogP contribution is 2.56. The third-order valence-corrected chi connectivity index (χ3v) is 6.07. The molecule has 8 heteroatoms. The van der Waals surface area contributed by atoms with E-state index in [1.165, 1.54) is 11.8 Å². The molecule has 0 unspecified atom stereocenters. The first-order valence-electron chi connectivity index (χ1n) is 6.49. The molecule has 1 saturated carbocycles. The highest BCUT2D eigenvalue weighted by molar-refractivity contribution is 8.01. The number of rotatable bonds is 1. The van der Waals surface area contributed by atoms with Crippen molar-refractivity contribution >= 4 is 11.8 Å². The Balaban J connectivity index is 1.96. The molecule has 1 aromatic rings. The summed E-state index contributed by atoms with van der Waals surface area (Å²) in [6, 6.07) is 0. The summed E-state index contributed by atoms with van der Waals surface area (Å²) in [7, 11) is 0. The van der Waals surface area contributed by atoms with Crippen LogP contribution in [0.5, 0.6) is 0 Å². The number of nitrogens with zero attached hydrogens (tertiary/aromatic N) is 1. The average molecular weight is 302 g/mol. The van der Waals surface area contributed by atoms with Gasteiger partial charge in [0.25, 0.3) is 5.56 Å². The molecule has 2 aliphatic rings. The van der Waals surface area contributed by atoms with Crippen LogP contribution in [-0.2, 0) is 0 Å². The molecule has 1 saturated heterocycles. The van der Waals surface area contributed by atoms with Crippen LogP contribution in [0.1, 0.15) is 31.1 Å². The normalized spacial score (nSPS) is 36.9. The number of halogens is 1. The minimum absolute atomic E-state index is 0.243. The number of aromatic nitrogens is 2. The van der Waals surface area contributed by atoms with Gasteiger partial charge in [-0.2, -0.15) is 4.39 Å². The van der Waals surface area contributed by atoms with Crippen LogP contribution in [0.25, 0.3) is 0 Å². The quantitative estimate of drug-likeness (QED) is 0.676. The van der Waals surface area contributed by atoms with Crippen molar-refractivity contribution in [2.24, 2.45) is 0 Å². The van der Waals surface area contributed by atoms with E-state index in [0.29, 0.717) is 12.8 Å². The number of nitrogens with one attached hydrogen (secondary N) is 1. The molecule has 3 N–H and O–H groups in total. The number of aliphatic hydroxyl groups excluding tert-OH is 2. The molecule has 1 aliphatic heterocycles. The number of hydrogen-bond acceptors (Lipinski definition) is 5. The molecule has 1 aliphatic carbocycles. The number of aliphatic hydroxyl groups is 2. The summed E-state index contributed by atoms with van der Waals surface area (Å²) in [5.41, 5.74) is -1.75. The maximum atomic E-state index is 13.3. The van der Waals surface area contributed by atoms with E-state index < -0.39 is 39.4 Å². The zero-order valence-electron chi connectivity index (χ0n) is 10.6. The molecule has 0 radical (unpaired) electrons. The lowest BCUT2D eigenvalue weighted by Crippen LogP contribution is -2.41. The molecule has 1 aromatic heterocycles. The van der Waals surface area contributed by atoms with Crippen LogP contribution >= 0.6 is 11.8 Å². The number of hydrogen-bond donors (Lipinski definition) is 3. The highest BCUT2D eigenvalue weighted by atomic mass is 32.2. The molecule has 1 spiro atoms. The zero-order chi connectivity index (χ0) is 14.5. The molecule has 2 heterocycles. The Labute approximate surface area is 117 Å². The fourth-order valence-electron chi connectivity index (χ4n) is 3.12. The van der Waals surface area contributed by atoms with Crippen LogP contribution in [0.4, 0.5) is 4.39 Å². The second kappa shape index (κ2) is 4.71. The maximum Gasteiger partial charge on any atom is 0.329 e. The van der Waals surface area contributed by atoms with Crippen LogP contribution in [0.15, 0.2) is 15.8 Å². The van der Waals surface area contributed by atoms with Gasteiger partial charge >= 0.3 is 5.69 Å². The van der Waals surface area contributed by atoms with Gasteiger partial charge in [0.15, 0.2) is 0 Å². The van der Waals surface area contributed by atoms with Crippen LogP contribution in [0, 0.1) is 5.82 Å². The van der Waals surface area contributed by atoms with Gasteiger partial charge in [-0.15, -0.1) is 11.8 Å². The zero-order valence-corrected chi connectivity index (χ0v) is 11.4. The molecule has 20 heavy (non-hydrogen) atoms. The topological polar surface area (TPSA) is 95.3 Å². The van der Waals surface area contributed by atoms with Gasteiger partial charge in [-0.25, -0.2) is 4.79 Å². The van der Waals surface area contributed by atoms with Gasteiger partial charge in [0.1, 0.15) is 0 Å². The third kappa shape index (κ3) is 1.94.